The molecule has 1 aromatic heterocycles. The van der Waals surface area contributed by atoms with Gasteiger partial charge in [-0.2, -0.15) is 0 Å². The molecule has 70 valence electrons. The van der Waals surface area contributed by atoms with Crippen LogP contribution in [0.2, 0.25) is 0 Å². The number of hydrogen-bond donors (Lipinski definition) is 2. The minimum Gasteiger partial charge on any atom is -0.388 e. The lowest BCUT2D eigenvalue weighted by Crippen LogP contribution is -2.24. The van der Waals surface area contributed by atoms with E-state index in [9.17, 15) is 0 Å². The van der Waals surface area contributed by atoms with Gasteiger partial charge in [0.2, 0.25) is 0 Å². The Bertz CT molecular complexity index is 271. The SMILES string of the molecule is CN(CCC(=N)N)c1cnccn1. The van der Waals surface area contributed by atoms with Crippen LogP contribution in [0.25, 0.3) is 0 Å². The van der Waals surface area contributed by atoms with E-state index in [1.807, 2.05) is 11.9 Å². The number of amidine groups is 1. The molecule has 0 spiro atoms. The summed E-state index contributed by atoms with van der Waals surface area (Å²) in [4.78, 5) is 9.96. The summed E-state index contributed by atoms with van der Waals surface area (Å²) in [6.45, 7) is 0.689. The van der Waals surface area contributed by atoms with Crippen molar-refractivity contribution in [2.75, 3.05) is 18.5 Å². The van der Waals surface area contributed by atoms with E-state index in [1.54, 1.807) is 18.6 Å². The van der Waals surface area contributed by atoms with Gasteiger partial charge in [-0.1, -0.05) is 0 Å². The van der Waals surface area contributed by atoms with E-state index >= 15 is 0 Å². The summed E-state index contributed by atoms with van der Waals surface area (Å²) in [6, 6.07) is 0. The maximum atomic E-state index is 7.07. The summed E-state index contributed by atoms with van der Waals surface area (Å²) in [7, 11) is 1.90. The van der Waals surface area contributed by atoms with Gasteiger partial charge in [0.15, 0.2) is 0 Å². The summed E-state index contributed by atoms with van der Waals surface area (Å²) in [5.41, 5.74) is 5.24. The Hall–Kier alpha value is -1.65. The first kappa shape index (κ1) is 9.44. The fourth-order valence-electron chi connectivity index (χ4n) is 0.891. The predicted octanol–water partition coefficient (Wildman–Crippen LogP) is 0.239. The molecule has 1 aromatic rings. The van der Waals surface area contributed by atoms with E-state index in [0.717, 1.165) is 5.82 Å². The zero-order chi connectivity index (χ0) is 9.68. The van der Waals surface area contributed by atoms with E-state index in [0.29, 0.717) is 13.0 Å². The molecule has 0 unspecified atom stereocenters. The lowest BCUT2D eigenvalue weighted by atomic mass is 10.4. The van der Waals surface area contributed by atoms with Crippen LogP contribution >= 0.6 is 0 Å². The van der Waals surface area contributed by atoms with Gasteiger partial charge in [0.05, 0.1) is 12.0 Å². The van der Waals surface area contributed by atoms with Crippen molar-refractivity contribution in [2.24, 2.45) is 5.73 Å². The number of rotatable bonds is 4. The monoisotopic (exact) mass is 179 g/mol. The largest absolute Gasteiger partial charge is 0.388 e. The molecule has 0 aliphatic rings. The van der Waals surface area contributed by atoms with Gasteiger partial charge in [0.1, 0.15) is 5.82 Å². The number of nitrogens with two attached hydrogens (primary N) is 1. The van der Waals surface area contributed by atoms with Crippen LogP contribution in [0.4, 0.5) is 5.82 Å². The van der Waals surface area contributed by atoms with Crippen molar-refractivity contribution in [3.8, 4) is 0 Å². The highest BCUT2D eigenvalue weighted by Crippen LogP contribution is 2.04. The highest BCUT2D eigenvalue weighted by atomic mass is 15.2. The van der Waals surface area contributed by atoms with Crippen molar-refractivity contribution in [1.29, 1.82) is 5.41 Å². The lowest BCUT2D eigenvalue weighted by Gasteiger charge is -2.16. The van der Waals surface area contributed by atoms with Gasteiger partial charge in [-0.25, -0.2) is 4.98 Å². The van der Waals surface area contributed by atoms with E-state index in [2.05, 4.69) is 9.97 Å². The Kier molecular flexibility index (Phi) is 3.19. The Balaban J connectivity index is 2.49. The molecule has 3 N–H and O–H groups in total. The summed E-state index contributed by atoms with van der Waals surface area (Å²) in [5, 5.41) is 7.07. The fourth-order valence-corrected chi connectivity index (χ4v) is 0.891. The quantitative estimate of drug-likeness (QED) is 0.512. The third-order valence-corrected chi connectivity index (χ3v) is 1.66. The minimum atomic E-state index is 0.191. The third kappa shape index (κ3) is 3.06. The molecule has 5 nitrogen and oxygen atoms in total. The molecule has 5 heteroatoms. The second-order valence-corrected chi connectivity index (χ2v) is 2.76. The lowest BCUT2D eigenvalue weighted by molar-refractivity contribution is 0.883. The van der Waals surface area contributed by atoms with E-state index in [4.69, 9.17) is 11.1 Å². The first-order valence-electron chi connectivity index (χ1n) is 4.00. The van der Waals surface area contributed by atoms with Crippen LogP contribution in [-0.2, 0) is 0 Å². The molecule has 0 aliphatic heterocycles. The molecule has 0 aromatic carbocycles. The molecule has 0 saturated heterocycles. The van der Waals surface area contributed by atoms with Crippen molar-refractivity contribution in [3.63, 3.8) is 0 Å². The standard InChI is InChI=1S/C8H13N5/c1-13(5-2-7(9)10)8-6-11-3-4-12-8/h3-4,6H,2,5H2,1H3,(H3,9,10). The van der Waals surface area contributed by atoms with Crippen LogP contribution < -0.4 is 10.6 Å². The average molecular weight is 179 g/mol. The fraction of sp³-hybridized carbons (Fsp3) is 0.375. The molecule has 13 heavy (non-hydrogen) atoms. The molecule has 0 aliphatic carbocycles. The zero-order valence-electron chi connectivity index (χ0n) is 7.57. The molecular weight excluding hydrogens is 166 g/mol. The Morgan fingerprint density at radius 3 is 2.92 bits per heavy atom. The second kappa shape index (κ2) is 4.39. The topological polar surface area (TPSA) is 78.9 Å². The normalized spacial score (nSPS) is 9.62. The number of nitrogens with one attached hydrogen (secondary N) is 1. The highest BCUT2D eigenvalue weighted by molar-refractivity contribution is 5.77. The molecular formula is C8H13N5. The van der Waals surface area contributed by atoms with Crippen LogP contribution in [0.3, 0.4) is 0 Å². The van der Waals surface area contributed by atoms with Crippen molar-refractivity contribution < 1.29 is 0 Å². The molecule has 1 rings (SSSR count). The van der Waals surface area contributed by atoms with Gasteiger partial charge >= 0.3 is 0 Å². The maximum Gasteiger partial charge on any atom is 0.146 e. The van der Waals surface area contributed by atoms with Crippen molar-refractivity contribution in [3.05, 3.63) is 18.6 Å². The zero-order valence-corrected chi connectivity index (χ0v) is 7.57. The Morgan fingerprint density at radius 2 is 2.38 bits per heavy atom. The van der Waals surface area contributed by atoms with Gasteiger partial charge in [0.25, 0.3) is 0 Å². The minimum absolute atomic E-state index is 0.191. The van der Waals surface area contributed by atoms with Crippen LogP contribution in [0.5, 0.6) is 0 Å². The number of anilines is 1. The summed E-state index contributed by atoms with van der Waals surface area (Å²) >= 11 is 0. The Labute approximate surface area is 77.1 Å². The van der Waals surface area contributed by atoms with Crippen LogP contribution in [0, 0.1) is 5.41 Å². The van der Waals surface area contributed by atoms with Crippen molar-refractivity contribution in [2.45, 2.75) is 6.42 Å². The molecule has 0 atom stereocenters. The molecule has 0 saturated carbocycles. The number of nitrogens with zero attached hydrogens (tertiary/aromatic N) is 3. The smallest absolute Gasteiger partial charge is 0.146 e. The van der Waals surface area contributed by atoms with Crippen LogP contribution in [0.1, 0.15) is 6.42 Å². The average Bonchev–Trinajstić information content (AvgIpc) is 2.15. The van der Waals surface area contributed by atoms with E-state index < -0.39 is 0 Å². The maximum absolute atomic E-state index is 7.07. The van der Waals surface area contributed by atoms with Crippen LogP contribution in [0.15, 0.2) is 18.6 Å². The molecule has 0 amide bonds. The van der Waals surface area contributed by atoms with Gasteiger partial charge < -0.3 is 10.6 Å². The molecule has 0 bridgehead atoms. The number of aromatic nitrogens is 2. The Morgan fingerprint density at radius 1 is 1.62 bits per heavy atom. The highest BCUT2D eigenvalue weighted by Gasteiger charge is 2.01. The van der Waals surface area contributed by atoms with Crippen molar-refractivity contribution in [1.82, 2.24) is 9.97 Å². The first-order chi connectivity index (χ1) is 6.20. The third-order valence-electron chi connectivity index (χ3n) is 1.66. The summed E-state index contributed by atoms with van der Waals surface area (Å²) < 4.78 is 0. The molecule has 1 heterocycles. The summed E-state index contributed by atoms with van der Waals surface area (Å²) in [6.07, 6.45) is 5.50. The van der Waals surface area contributed by atoms with Crippen molar-refractivity contribution >= 4 is 11.7 Å². The van der Waals surface area contributed by atoms with E-state index in [-0.39, 0.29) is 5.84 Å². The van der Waals surface area contributed by atoms with Gasteiger partial charge in [-0.15, -0.1) is 0 Å². The van der Waals surface area contributed by atoms with Crippen LogP contribution in [-0.4, -0.2) is 29.4 Å². The van der Waals surface area contributed by atoms with E-state index in [1.165, 1.54) is 0 Å². The van der Waals surface area contributed by atoms with Gasteiger partial charge in [-0.05, 0) is 0 Å². The predicted molar refractivity (Wildman–Crippen MR) is 51.8 cm³/mol. The number of hydrogen-bond acceptors (Lipinski definition) is 4. The first-order valence-corrected chi connectivity index (χ1v) is 4.00. The van der Waals surface area contributed by atoms with Gasteiger partial charge in [-0.3, -0.25) is 10.4 Å². The summed E-state index contributed by atoms with van der Waals surface area (Å²) in [5.74, 6) is 0.986. The molecule has 0 radical (unpaired) electrons. The second-order valence-electron chi connectivity index (χ2n) is 2.76. The van der Waals surface area contributed by atoms with Gasteiger partial charge in [0, 0.05) is 32.4 Å². The molecule has 0 fully saturated rings.